The van der Waals surface area contributed by atoms with Crippen LogP contribution >= 0.6 is 0 Å². The monoisotopic (exact) mass is 652 g/mol. The average molecular weight is 653 g/mol. The van der Waals surface area contributed by atoms with E-state index in [0.29, 0.717) is 0 Å². The normalized spacial score (nSPS) is 21.4. The summed E-state index contributed by atoms with van der Waals surface area (Å²) >= 11 is 0. The van der Waals surface area contributed by atoms with E-state index in [1.165, 1.54) is 98.4 Å². The van der Waals surface area contributed by atoms with Crippen LogP contribution in [-0.2, 0) is 21.7 Å². The maximum absolute atomic E-state index is 2.65. The summed E-state index contributed by atoms with van der Waals surface area (Å²) in [5, 5.41) is 11.2. The summed E-state index contributed by atoms with van der Waals surface area (Å²) in [5.41, 5.74) is 14.5. The van der Waals surface area contributed by atoms with E-state index in [0.717, 1.165) is 0 Å². The Kier molecular flexibility index (Phi) is 4.67. The van der Waals surface area contributed by atoms with Crippen molar-refractivity contribution in [3.05, 3.63) is 95.1 Å². The average Bonchev–Trinajstić information content (AvgIpc) is 3.81. The van der Waals surface area contributed by atoms with E-state index in [2.05, 4.69) is 165 Å². The third kappa shape index (κ3) is 2.64. The first-order valence-corrected chi connectivity index (χ1v) is 18.8. The van der Waals surface area contributed by atoms with Crippen LogP contribution in [-0.4, -0.2) is 8.80 Å². The van der Waals surface area contributed by atoms with E-state index in [9.17, 15) is 0 Å². The maximum Gasteiger partial charge on any atom is 0.0634 e. The largest absolute Gasteiger partial charge is 0.308 e. The van der Waals surface area contributed by atoms with Crippen LogP contribution in [0, 0.1) is 10.8 Å². The molecule has 2 nitrogen and oxygen atoms in total. The van der Waals surface area contributed by atoms with E-state index in [1.807, 2.05) is 0 Å². The second-order valence-corrected chi connectivity index (χ2v) is 19.5. The minimum absolute atomic E-state index is 0.0322. The zero-order valence-electron chi connectivity index (χ0n) is 31.8. The molecule has 0 atom stereocenters. The number of aromatic nitrogens is 2. The van der Waals surface area contributed by atoms with E-state index in [4.69, 9.17) is 0 Å². The highest BCUT2D eigenvalue weighted by atomic mass is 14.9. The molecule has 0 saturated carbocycles. The van der Waals surface area contributed by atoms with Gasteiger partial charge in [-0.05, 0) is 91.1 Å². The van der Waals surface area contributed by atoms with Crippen molar-refractivity contribution in [2.75, 3.05) is 0 Å². The Morgan fingerprint density at radius 3 is 1.00 bits per heavy atom. The van der Waals surface area contributed by atoms with E-state index < -0.39 is 0 Å². The number of rotatable bonds is 0. The first-order chi connectivity index (χ1) is 23.4. The van der Waals surface area contributed by atoms with Gasteiger partial charge >= 0.3 is 0 Å². The summed E-state index contributed by atoms with van der Waals surface area (Å²) in [7, 11) is 0. The highest BCUT2D eigenvalue weighted by molar-refractivity contribution is 6.45. The van der Waals surface area contributed by atoms with Crippen molar-refractivity contribution in [3.63, 3.8) is 0 Å². The zero-order valence-corrected chi connectivity index (χ0v) is 31.8. The third-order valence-electron chi connectivity index (χ3n) is 17.0. The smallest absolute Gasteiger partial charge is 0.0634 e. The van der Waals surface area contributed by atoms with Gasteiger partial charge in [0.1, 0.15) is 0 Å². The van der Waals surface area contributed by atoms with Crippen molar-refractivity contribution in [3.8, 4) is 0 Å². The molecule has 5 aromatic carbocycles. The summed E-state index contributed by atoms with van der Waals surface area (Å²) in [4.78, 5) is 0. The number of nitrogens with zero attached hydrogens (tertiary/aromatic N) is 2. The Balaban J connectivity index is 1.46. The van der Waals surface area contributed by atoms with Crippen molar-refractivity contribution < 1.29 is 0 Å². The lowest BCUT2D eigenvalue weighted by atomic mass is 9.59. The minimum atomic E-state index is 0.0322. The predicted molar refractivity (Wildman–Crippen MR) is 215 cm³/mol. The molecular formula is C48H48N2. The van der Waals surface area contributed by atoms with Gasteiger partial charge in [0.15, 0.2) is 0 Å². The summed E-state index contributed by atoms with van der Waals surface area (Å²) in [6.07, 6.45) is 0. The first kappa shape index (κ1) is 29.4. The second-order valence-electron chi connectivity index (χ2n) is 19.5. The van der Waals surface area contributed by atoms with Gasteiger partial charge in [-0.25, -0.2) is 0 Å². The molecule has 2 aliphatic carbocycles. The van der Waals surface area contributed by atoms with Crippen molar-refractivity contribution in [1.29, 1.82) is 0 Å². The van der Waals surface area contributed by atoms with Gasteiger partial charge in [0, 0.05) is 43.1 Å². The molecule has 0 N–H and O–H groups in total. The van der Waals surface area contributed by atoms with Crippen LogP contribution in [0.3, 0.4) is 0 Å². The lowest BCUT2D eigenvalue weighted by Crippen LogP contribution is -2.42. The molecule has 4 heterocycles. The van der Waals surface area contributed by atoms with Gasteiger partial charge in [-0.2, -0.15) is 0 Å². The van der Waals surface area contributed by atoms with E-state index in [1.54, 1.807) is 0 Å². The van der Waals surface area contributed by atoms with Gasteiger partial charge in [-0.15, -0.1) is 0 Å². The fourth-order valence-corrected chi connectivity index (χ4v) is 11.6. The van der Waals surface area contributed by atoms with Crippen molar-refractivity contribution in [2.45, 2.75) is 105 Å². The molecule has 0 unspecified atom stereocenters. The molecule has 11 rings (SSSR count). The topological polar surface area (TPSA) is 8.82 Å². The van der Waals surface area contributed by atoms with Crippen LogP contribution in [0.5, 0.6) is 0 Å². The molecule has 0 spiro atoms. The summed E-state index contributed by atoms with van der Waals surface area (Å²) in [6.45, 7) is 29.7. The van der Waals surface area contributed by atoms with Crippen molar-refractivity contribution in [1.82, 2.24) is 8.80 Å². The Morgan fingerprint density at radius 2 is 0.640 bits per heavy atom. The fourth-order valence-electron chi connectivity index (χ4n) is 11.6. The number of hydrogen-bond donors (Lipinski definition) is 0. The van der Waals surface area contributed by atoms with Gasteiger partial charge < -0.3 is 8.80 Å². The summed E-state index contributed by atoms with van der Waals surface area (Å²) in [5.74, 6) is 0. The van der Waals surface area contributed by atoms with Crippen LogP contribution < -0.4 is 0 Å². The molecule has 0 bridgehead atoms. The van der Waals surface area contributed by atoms with Crippen LogP contribution in [0.2, 0.25) is 0 Å². The van der Waals surface area contributed by atoms with Crippen molar-refractivity contribution >= 4 is 76.2 Å². The summed E-state index contributed by atoms with van der Waals surface area (Å²) < 4.78 is 5.29. The number of hydrogen-bond acceptors (Lipinski definition) is 0. The van der Waals surface area contributed by atoms with Gasteiger partial charge in [-0.3, -0.25) is 0 Å². The van der Waals surface area contributed by atoms with Crippen LogP contribution in [0.15, 0.2) is 72.8 Å². The van der Waals surface area contributed by atoms with Crippen LogP contribution in [0.25, 0.3) is 76.2 Å². The molecule has 50 heavy (non-hydrogen) atoms. The quantitative estimate of drug-likeness (QED) is 0.154. The van der Waals surface area contributed by atoms with E-state index in [-0.39, 0.29) is 32.5 Å². The Morgan fingerprint density at radius 1 is 0.340 bits per heavy atom. The predicted octanol–water partition coefficient (Wildman–Crippen LogP) is 13.2. The molecule has 250 valence electrons. The van der Waals surface area contributed by atoms with Crippen LogP contribution in [0.4, 0.5) is 0 Å². The SMILES string of the molecule is CC1(C)c2cc3c4c5c6ccccc6n6c7cc8c(cc7c(c7c9ccccc9n(c3cc2C(C)(C)C1(C)C)c74)c56)C(C)(C)C(C)(C)C8(C)C. The molecule has 9 aromatic rings. The molecule has 0 saturated heterocycles. The number of benzene rings is 5. The van der Waals surface area contributed by atoms with Gasteiger partial charge in [0.25, 0.3) is 0 Å². The molecule has 0 fully saturated rings. The van der Waals surface area contributed by atoms with E-state index >= 15 is 0 Å². The Bertz CT molecular complexity index is 2810. The zero-order chi connectivity index (χ0) is 35.0. The molecular weight excluding hydrogens is 605 g/mol. The first-order valence-electron chi connectivity index (χ1n) is 18.8. The van der Waals surface area contributed by atoms with Crippen molar-refractivity contribution in [2.24, 2.45) is 10.8 Å². The molecule has 0 radical (unpaired) electrons. The standard InChI is InChI=1S/C48H48N2/c1-43(2)29-21-27-35(23-31(29)45(5,6)47(43,9)10)49-33-19-15-14-18-26(33)38-40-28-22-30-32(46(7,8)48(11,12)44(30,3)4)24-36(28)50-34-20-16-13-17-25(34)37(42(40)50)39(27)41(38)49/h13-24H,1-12H3. The van der Waals surface area contributed by atoms with Gasteiger partial charge in [0.05, 0.1) is 33.1 Å². The molecule has 2 aliphatic rings. The maximum atomic E-state index is 2.65. The highest BCUT2D eigenvalue weighted by Crippen LogP contribution is 2.65. The molecule has 4 aromatic heterocycles. The van der Waals surface area contributed by atoms with Gasteiger partial charge in [-0.1, -0.05) is 119 Å². The minimum Gasteiger partial charge on any atom is -0.308 e. The van der Waals surface area contributed by atoms with Crippen LogP contribution in [0.1, 0.15) is 105 Å². The van der Waals surface area contributed by atoms with Gasteiger partial charge in [0.2, 0.25) is 0 Å². The molecule has 2 heteroatoms. The third-order valence-corrected chi connectivity index (χ3v) is 17.0. The lowest BCUT2D eigenvalue weighted by Gasteiger charge is -2.44. The number of fused-ring (bicyclic) bond motifs is 16. The molecule has 0 amide bonds. The Hall–Kier alpha value is -4.30. The Labute approximate surface area is 294 Å². The molecule has 0 aliphatic heterocycles. The second kappa shape index (κ2) is 7.94. The fraction of sp³-hybridized carbons (Fsp3) is 0.375. The lowest BCUT2D eigenvalue weighted by molar-refractivity contribution is 0.125. The highest BCUT2D eigenvalue weighted by Gasteiger charge is 2.58. The number of para-hydroxylation sites is 2. The summed E-state index contributed by atoms with van der Waals surface area (Å²) in [6, 6.07) is 28.8.